The van der Waals surface area contributed by atoms with Gasteiger partial charge >= 0.3 is 5.97 Å². The fourth-order valence-corrected chi connectivity index (χ4v) is 7.63. The minimum atomic E-state index is -0.413. The zero-order valence-electron chi connectivity index (χ0n) is 20.7. The molecule has 38 heavy (non-hydrogen) atoms. The van der Waals surface area contributed by atoms with Gasteiger partial charge in [-0.1, -0.05) is 41.7 Å². The first-order valence-corrected chi connectivity index (χ1v) is 15.0. The molecule has 0 bridgehead atoms. The van der Waals surface area contributed by atoms with Crippen molar-refractivity contribution >= 4 is 63.0 Å². The molecule has 6 rings (SSSR count). The van der Waals surface area contributed by atoms with E-state index in [1.54, 1.807) is 17.4 Å². The number of ether oxygens (including phenoxy) is 2. The van der Waals surface area contributed by atoms with Gasteiger partial charge in [-0.05, 0) is 88.7 Å². The molecule has 2 aromatic heterocycles. The second-order valence-corrected chi connectivity index (χ2v) is 12.1. The molecular weight excluding hydrogens is 631 g/mol. The molecular formula is C29H23IN2O4S2. The summed E-state index contributed by atoms with van der Waals surface area (Å²) in [6.45, 7) is 3.66. The highest BCUT2D eigenvalue weighted by Crippen LogP contribution is 2.42. The Hall–Kier alpha value is -3.02. The van der Waals surface area contributed by atoms with Crippen LogP contribution in [-0.4, -0.2) is 17.1 Å². The number of rotatable bonds is 5. The standard InChI is InChI=1S/C29H23IN2O4S2/c1-3-35-22-14-17(13-21(30)27(22)36-16(2)33)15-24-28(34)32-26(23-9-6-12-37-23)20-11-10-18-7-4-5-8-19(18)25(20)31-29(32)38-24/h4-9,12-15,26H,3,10-11H2,1-2H3/b24-15+/t26-/m1/s1. The number of aromatic nitrogens is 1. The van der Waals surface area contributed by atoms with E-state index in [4.69, 9.17) is 14.5 Å². The average Bonchev–Trinajstić information content (AvgIpc) is 3.53. The van der Waals surface area contributed by atoms with E-state index in [9.17, 15) is 9.59 Å². The summed E-state index contributed by atoms with van der Waals surface area (Å²) in [5, 5.41) is 2.06. The van der Waals surface area contributed by atoms with Gasteiger partial charge in [-0.3, -0.25) is 14.2 Å². The summed E-state index contributed by atoms with van der Waals surface area (Å²) in [7, 11) is 0. The van der Waals surface area contributed by atoms with Crippen molar-refractivity contribution in [3.05, 3.63) is 104 Å². The molecule has 0 spiro atoms. The molecule has 0 fully saturated rings. The van der Waals surface area contributed by atoms with Crippen LogP contribution in [0.2, 0.25) is 0 Å². The zero-order chi connectivity index (χ0) is 26.4. The summed E-state index contributed by atoms with van der Waals surface area (Å²) in [5.41, 5.74) is 5.38. The van der Waals surface area contributed by atoms with Crippen LogP contribution < -0.4 is 24.4 Å². The molecule has 2 aliphatic rings. The van der Waals surface area contributed by atoms with Crippen molar-refractivity contribution in [2.24, 2.45) is 4.99 Å². The lowest BCUT2D eigenvalue weighted by atomic mass is 9.85. The van der Waals surface area contributed by atoms with Crippen LogP contribution in [0, 0.1) is 3.57 Å². The van der Waals surface area contributed by atoms with Gasteiger partial charge in [0.05, 0.1) is 26.4 Å². The third-order valence-electron chi connectivity index (χ3n) is 6.56. The van der Waals surface area contributed by atoms with Crippen molar-refractivity contribution in [2.45, 2.75) is 32.7 Å². The molecule has 0 unspecified atom stereocenters. The maximum absolute atomic E-state index is 13.9. The predicted octanol–water partition coefficient (Wildman–Crippen LogP) is 5.31. The van der Waals surface area contributed by atoms with Gasteiger partial charge in [0.2, 0.25) is 0 Å². The van der Waals surface area contributed by atoms with Gasteiger partial charge in [0.25, 0.3) is 5.56 Å². The molecule has 0 saturated heterocycles. The van der Waals surface area contributed by atoms with Crippen molar-refractivity contribution in [3.63, 3.8) is 0 Å². The third kappa shape index (κ3) is 4.46. The van der Waals surface area contributed by atoms with E-state index >= 15 is 0 Å². The number of nitrogens with zero attached hydrogens (tertiary/aromatic N) is 2. The number of halogens is 1. The molecule has 6 nitrogen and oxygen atoms in total. The number of esters is 1. The first-order chi connectivity index (χ1) is 18.4. The van der Waals surface area contributed by atoms with Crippen LogP contribution in [0.4, 0.5) is 0 Å². The zero-order valence-corrected chi connectivity index (χ0v) is 24.5. The van der Waals surface area contributed by atoms with Crippen molar-refractivity contribution in [2.75, 3.05) is 6.61 Å². The Balaban J connectivity index is 1.54. The number of thiophene rings is 1. The summed E-state index contributed by atoms with van der Waals surface area (Å²) in [6, 6.07) is 16.1. The van der Waals surface area contributed by atoms with Crippen molar-refractivity contribution in [1.29, 1.82) is 0 Å². The largest absolute Gasteiger partial charge is 0.490 e. The van der Waals surface area contributed by atoms with Crippen molar-refractivity contribution < 1.29 is 14.3 Å². The molecule has 1 aliphatic carbocycles. The summed E-state index contributed by atoms with van der Waals surface area (Å²) in [6.07, 6.45) is 3.67. The van der Waals surface area contributed by atoms with Crippen LogP contribution in [0.5, 0.6) is 11.5 Å². The minimum Gasteiger partial charge on any atom is -0.490 e. The van der Waals surface area contributed by atoms with Gasteiger partial charge in [0.15, 0.2) is 16.3 Å². The maximum atomic E-state index is 13.9. The van der Waals surface area contributed by atoms with Crippen LogP contribution in [0.3, 0.4) is 0 Å². The first-order valence-electron chi connectivity index (χ1n) is 12.3. The maximum Gasteiger partial charge on any atom is 0.308 e. The molecule has 0 amide bonds. The highest BCUT2D eigenvalue weighted by atomic mass is 127. The summed E-state index contributed by atoms with van der Waals surface area (Å²) < 4.78 is 14.3. The summed E-state index contributed by atoms with van der Waals surface area (Å²) >= 11 is 5.19. The van der Waals surface area contributed by atoms with E-state index in [0.29, 0.717) is 27.4 Å². The van der Waals surface area contributed by atoms with Crippen LogP contribution in [0.15, 0.2) is 69.3 Å². The number of benzene rings is 2. The SMILES string of the molecule is CCOc1cc(/C=c2/sc3n(c2=O)[C@@H](c2cccs2)C2=C(N=3)c3ccccc3CC2)cc(I)c1OC(C)=O. The number of hydrogen-bond donors (Lipinski definition) is 0. The molecule has 0 radical (unpaired) electrons. The number of allylic oxidation sites excluding steroid dienone is 1. The van der Waals surface area contributed by atoms with E-state index in [2.05, 4.69) is 58.3 Å². The smallest absolute Gasteiger partial charge is 0.308 e. The first kappa shape index (κ1) is 25.3. The van der Waals surface area contributed by atoms with Gasteiger partial charge in [0.1, 0.15) is 0 Å². The molecule has 1 aliphatic heterocycles. The van der Waals surface area contributed by atoms with Crippen molar-refractivity contribution in [1.82, 2.24) is 4.57 Å². The van der Waals surface area contributed by atoms with Crippen LogP contribution >= 0.6 is 45.3 Å². The molecule has 1 atom stereocenters. The van der Waals surface area contributed by atoms with Gasteiger partial charge < -0.3 is 9.47 Å². The van der Waals surface area contributed by atoms with E-state index in [1.165, 1.54) is 29.4 Å². The second-order valence-electron chi connectivity index (χ2n) is 8.99. The predicted molar refractivity (Wildman–Crippen MR) is 159 cm³/mol. The monoisotopic (exact) mass is 654 g/mol. The van der Waals surface area contributed by atoms with Gasteiger partial charge in [0, 0.05) is 17.4 Å². The molecule has 3 heterocycles. The number of fused-ring (bicyclic) bond motifs is 3. The summed E-state index contributed by atoms with van der Waals surface area (Å²) in [5.74, 6) is 0.448. The molecule has 0 saturated carbocycles. The minimum absolute atomic E-state index is 0.0606. The lowest BCUT2D eigenvalue weighted by Gasteiger charge is -2.30. The Kier molecular flexibility index (Phi) is 6.83. The highest BCUT2D eigenvalue weighted by molar-refractivity contribution is 14.1. The van der Waals surface area contributed by atoms with Crippen LogP contribution in [0.25, 0.3) is 11.8 Å². The number of carbonyl (C=O) groups excluding carboxylic acids is 1. The van der Waals surface area contributed by atoms with E-state index in [1.807, 2.05) is 29.7 Å². The van der Waals surface area contributed by atoms with Gasteiger partial charge in [-0.25, -0.2) is 4.99 Å². The number of carbonyl (C=O) groups is 1. The van der Waals surface area contributed by atoms with Crippen LogP contribution in [0.1, 0.15) is 47.9 Å². The number of thiazole rings is 1. The number of aryl methyl sites for hydroxylation is 1. The topological polar surface area (TPSA) is 69.9 Å². The van der Waals surface area contributed by atoms with E-state index in [0.717, 1.165) is 38.1 Å². The molecule has 2 aromatic carbocycles. The molecule has 0 N–H and O–H groups in total. The Morgan fingerprint density at radius 3 is 2.82 bits per heavy atom. The molecule has 9 heteroatoms. The normalized spacial score (nSPS) is 16.4. The van der Waals surface area contributed by atoms with E-state index < -0.39 is 5.97 Å². The Bertz CT molecular complexity index is 1780. The van der Waals surface area contributed by atoms with Gasteiger partial charge in [-0.15, -0.1) is 11.3 Å². The highest BCUT2D eigenvalue weighted by Gasteiger charge is 2.33. The van der Waals surface area contributed by atoms with Crippen molar-refractivity contribution in [3.8, 4) is 11.5 Å². The van der Waals surface area contributed by atoms with E-state index in [-0.39, 0.29) is 11.6 Å². The lowest BCUT2D eigenvalue weighted by molar-refractivity contribution is -0.132. The second kappa shape index (κ2) is 10.3. The lowest BCUT2D eigenvalue weighted by Crippen LogP contribution is -2.38. The third-order valence-corrected chi connectivity index (χ3v) is 9.27. The molecule has 4 aromatic rings. The molecule has 192 valence electrons. The van der Waals surface area contributed by atoms with Gasteiger partial charge in [-0.2, -0.15) is 0 Å². The fourth-order valence-electron chi connectivity index (χ4n) is 5.05. The Labute approximate surface area is 240 Å². The fraction of sp³-hybridized carbons (Fsp3) is 0.207. The Morgan fingerprint density at radius 2 is 2.05 bits per heavy atom. The quantitative estimate of drug-likeness (QED) is 0.166. The van der Waals surface area contributed by atoms with Crippen LogP contribution in [-0.2, 0) is 11.2 Å². The number of hydrogen-bond acceptors (Lipinski definition) is 7. The Morgan fingerprint density at radius 1 is 1.21 bits per heavy atom. The average molecular weight is 655 g/mol. The summed E-state index contributed by atoms with van der Waals surface area (Å²) in [4.78, 5) is 32.4.